The second kappa shape index (κ2) is 6.74. The number of rotatable bonds is 5. The Morgan fingerprint density at radius 2 is 2.14 bits per heavy atom. The number of tetrazole rings is 1. The van der Waals surface area contributed by atoms with Crippen molar-refractivity contribution in [3.63, 3.8) is 0 Å². The van der Waals surface area contributed by atoms with Crippen molar-refractivity contribution < 1.29 is 9.47 Å². The molecule has 7 heteroatoms. The zero-order valence-corrected chi connectivity index (χ0v) is 12.9. The van der Waals surface area contributed by atoms with Gasteiger partial charge in [0.1, 0.15) is 6.04 Å². The van der Waals surface area contributed by atoms with Gasteiger partial charge in [0.15, 0.2) is 17.8 Å². The van der Waals surface area contributed by atoms with Crippen LogP contribution in [-0.2, 0) is 0 Å². The van der Waals surface area contributed by atoms with Gasteiger partial charge in [-0.25, -0.2) is 0 Å². The number of benzene rings is 1. The van der Waals surface area contributed by atoms with Crippen LogP contribution in [0, 0.1) is 5.92 Å². The third-order valence-electron chi connectivity index (χ3n) is 4.14. The van der Waals surface area contributed by atoms with Crippen LogP contribution in [0.3, 0.4) is 0 Å². The second-order valence-corrected chi connectivity index (χ2v) is 5.42. The quantitative estimate of drug-likeness (QED) is 0.897. The van der Waals surface area contributed by atoms with Crippen LogP contribution in [0.1, 0.15) is 24.4 Å². The van der Waals surface area contributed by atoms with Crippen molar-refractivity contribution in [2.75, 3.05) is 27.3 Å². The molecule has 1 saturated heterocycles. The smallest absolute Gasteiger partial charge is 0.162 e. The highest BCUT2D eigenvalue weighted by Crippen LogP contribution is 2.35. The first kappa shape index (κ1) is 14.8. The number of piperidine rings is 1. The van der Waals surface area contributed by atoms with E-state index < -0.39 is 0 Å². The number of hydrogen-bond acceptors (Lipinski definition) is 6. The molecule has 0 amide bonds. The van der Waals surface area contributed by atoms with Crippen molar-refractivity contribution in [3.05, 3.63) is 30.1 Å². The molecular weight excluding hydrogens is 282 g/mol. The molecule has 1 aliphatic rings. The summed E-state index contributed by atoms with van der Waals surface area (Å²) in [6.07, 6.45) is 3.76. The molecule has 1 aromatic carbocycles. The predicted molar refractivity (Wildman–Crippen MR) is 81.1 cm³/mol. The van der Waals surface area contributed by atoms with Crippen LogP contribution in [0.5, 0.6) is 11.5 Å². The Kier molecular flexibility index (Phi) is 4.53. The van der Waals surface area contributed by atoms with Gasteiger partial charge in [-0.1, -0.05) is 6.07 Å². The highest BCUT2D eigenvalue weighted by Gasteiger charge is 2.29. The zero-order chi connectivity index (χ0) is 15.4. The lowest BCUT2D eigenvalue weighted by molar-refractivity contribution is 0.260. The van der Waals surface area contributed by atoms with Gasteiger partial charge < -0.3 is 14.8 Å². The Hall–Kier alpha value is -2.15. The van der Waals surface area contributed by atoms with Crippen LogP contribution in [0.25, 0.3) is 0 Å². The molecule has 1 N–H and O–H groups in total. The number of hydrogen-bond donors (Lipinski definition) is 1. The maximum Gasteiger partial charge on any atom is 0.162 e. The monoisotopic (exact) mass is 303 g/mol. The summed E-state index contributed by atoms with van der Waals surface area (Å²) >= 11 is 0. The number of ether oxygens (including phenoxy) is 2. The highest BCUT2D eigenvalue weighted by atomic mass is 16.5. The Morgan fingerprint density at radius 3 is 2.77 bits per heavy atom. The van der Waals surface area contributed by atoms with E-state index >= 15 is 0 Å². The Balaban J connectivity index is 1.98. The molecule has 0 aliphatic carbocycles. The molecule has 1 aromatic heterocycles. The van der Waals surface area contributed by atoms with Crippen LogP contribution in [0.2, 0.25) is 0 Å². The molecule has 0 spiro atoms. The first-order chi connectivity index (χ1) is 10.8. The van der Waals surface area contributed by atoms with E-state index in [0.29, 0.717) is 11.7 Å². The first-order valence-corrected chi connectivity index (χ1v) is 7.48. The van der Waals surface area contributed by atoms with Crippen molar-refractivity contribution in [3.8, 4) is 11.5 Å². The van der Waals surface area contributed by atoms with Gasteiger partial charge in [0.05, 0.1) is 14.2 Å². The number of aromatic nitrogens is 4. The van der Waals surface area contributed by atoms with Crippen molar-refractivity contribution in [1.82, 2.24) is 25.5 Å². The third-order valence-corrected chi connectivity index (χ3v) is 4.14. The summed E-state index contributed by atoms with van der Waals surface area (Å²) in [5, 5.41) is 15.7. The topological polar surface area (TPSA) is 74.1 Å². The summed E-state index contributed by atoms with van der Waals surface area (Å²) in [7, 11) is 3.28. The number of nitrogens with one attached hydrogen (secondary N) is 1. The van der Waals surface area contributed by atoms with E-state index in [9.17, 15) is 0 Å². The van der Waals surface area contributed by atoms with Crippen LogP contribution >= 0.6 is 0 Å². The maximum atomic E-state index is 5.43. The molecular formula is C15H21N5O2. The predicted octanol–water partition coefficient (Wildman–Crippen LogP) is 1.28. The van der Waals surface area contributed by atoms with Gasteiger partial charge in [0, 0.05) is 6.54 Å². The number of methoxy groups -OCH3 is 2. The van der Waals surface area contributed by atoms with Crippen LogP contribution < -0.4 is 14.8 Å². The molecule has 0 bridgehead atoms. The summed E-state index contributed by atoms with van der Waals surface area (Å²) in [6.45, 7) is 2.01. The number of nitrogens with zero attached hydrogens (tertiary/aromatic N) is 4. The molecule has 1 aliphatic heterocycles. The van der Waals surface area contributed by atoms with E-state index in [1.807, 2.05) is 18.2 Å². The van der Waals surface area contributed by atoms with Gasteiger partial charge in [-0.15, -0.1) is 10.2 Å². The van der Waals surface area contributed by atoms with Crippen molar-refractivity contribution in [1.29, 1.82) is 0 Å². The summed E-state index contributed by atoms with van der Waals surface area (Å²) < 4.78 is 10.7. The summed E-state index contributed by atoms with van der Waals surface area (Å²) in [4.78, 5) is 1.69. The van der Waals surface area contributed by atoms with Gasteiger partial charge >= 0.3 is 0 Å². The van der Waals surface area contributed by atoms with Crippen LogP contribution in [0.4, 0.5) is 0 Å². The Bertz CT molecular complexity index is 596. The van der Waals surface area contributed by atoms with E-state index in [-0.39, 0.29) is 6.04 Å². The molecule has 118 valence electrons. The standard InChI is InChI=1S/C15H21N5O2/c1-21-13-6-5-11(8-14(13)22-2)15(20-18-10-17-19-20)12-4-3-7-16-9-12/h5-6,8,10,12,15-16H,3-4,7,9H2,1-2H3/t12-,15+/m0/s1. The molecule has 22 heavy (non-hydrogen) atoms. The first-order valence-electron chi connectivity index (χ1n) is 7.48. The largest absolute Gasteiger partial charge is 0.493 e. The second-order valence-electron chi connectivity index (χ2n) is 5.42. The lowest BCUT2D eigenvalue weighted by Crippen LogP contribution is -2.36. The summed E-state index contributed by atoms with van der Waals surface area (Å²) in [5.74, 6) is 1.85. The fourth-order valence-electron chi connectivity index (χ4n) is 3.08. The fourth-order valence-corrected chi connectivity index (χ4v) is 3.08. The molecule has 3 rings (SSSR count). The minimum Gasteiger partial charge on any atom is -0.493 e. The average Bonchev–Trinajstić information content (AvgIpc) is 3.10. The van der Waals surface area contributed by atoms with Gasteiger partial charge in [-0.2, -0.15) is 4.80 Å². The van der Waals surface area contributed by atoms with E-state index in [0.717, 1.165) is 37.2 Å². The molecule has 2 aromatic rings. The van der Waals surface area contributed by atoms with Gasteiger partial charge in [-0.05, 0) is 48.2 Å². The summed E-state index contributed by atoms with van der Waals surface area (Å²) in [5.41, 5.74) is 1.10. The summed E-state index contributed by atoms with van der Waals surface area (Å²) in [6, 6.07) is 6.01. The van der Waals surface area contributed by atoms with Crippen LogP contribution in [-0.4, -0.2) is 47.5 Å². The Labute approximate surface area is 129 Å². The minimum absolute atomic E-state index is 0.0371. The lowest BCUT2D eigenvalue weighted by Gasteiger charge is -2.30. The molecule has 7 nitrogen and oxygen atoms in total. The lowest BCUT2D eigenvalue weighted by atomic mass is 9.87. The van der Waals surface area contributed by atoms with Gasteiger partial charge in [0.2, 0.25) is 0 Å². The molecule has 1 fully saturated rings. The molecule has 0 radical (unpaired) electrons. The molecule has 0 unspecified atom stereocenters. The van der Waals surface area contributed by atoms with Crippen molar-refractivity contribution in [2.45, 2.75) is 18.9 Å². The van der Waals surface area contributed by atoms with E-state index in [2.05, 4.69) is 20.7 Å². The van der Waals surface area contributed by atoms with Crippen molar-refractivity contribution in [2.24, 2.45) is 5.92 Å². The normalized spacial score (nSPS) is 19.6. The average molecular weight is 303 g/mol. The van der Waals surface area contributed by atoms with E-state index in [1.54, 1.807) is 19.0 Å². The van der Waals surface area contributed by atoms with E-state index in [4.69, 9.17) is 9.47 Å². The Morgan fingerprint density at radius 1 is 1.27 bits per heavy atom. The zero-order valence-electron chi connectivity index (χ0n) is 12.9. The fraction of sp³-hybridized carbons (Fsp3) is 0.533. The molecule has 2 heterocycles. The van der Waals surface area contributed by atoms with Gasteiger partial charge in [-0.3, -0.25) is 0 Å². The molecule has 2 atom stereocenters. The molecule has 0 saturated carbocycles. The van der Waals surface area contributed by atoms with Crippen LogP contribution in [0.15, 0.2) is 24.5 Å². The third kappa shape index (κ3) is 2.89. The SMILES string of the molecule is COc1ccc([C@H]([C@H]2CCCNC2)n2ncnn2)cc1OC. The van der Waals surface area contributed by atoms with Crippen molar-refractivity contribution >= 4 is 0 Å². The van der Waals surface area contributed by atoms with Gasteiger partial charge in [0.25, 0.3) is 0 Å². The minimum atomic E-state index is 0.0371. The van der Waals surface area contributed by atoms with E-state index in [1.165, 1.54) is 6.33 Å². The highest BCUT2D eigenvalue weighted by molar-refractivity contribution is 5.44. The maximum absolute atomic E-state index is 5.43.